The van der Waals surface area contributed by atoms with E-state index in [2.05, 4.69) is 21.2 Å². The predicted octanol–water partition coefficient (Wildman–Crippen LogP) is 2.50. The van der Waals surface area contributed by atoms with Gasteiger partial charge in [0.15, 0.2) is 6.61 Å². The van der Waals surface area contributed by atoms with Gasteiger partial charge >= 0.3 is 5.97 Å². The molecule has 0 heterocycles. The molecule has 0 saturated carbocycles. The van der Waals surface area contributed by atoms with Crippen LogP contribution in [0.4, 0.5) is 5.69 Å². The highest BCUT2D eigenvalue weighted by Crippen LogP contribution is 2.23. The maximum atomic E-state index is 12.2. The summed E-state index contributed by atoms with van der Waals surface area (Å²) in [4.78, 5) is 24.3. The third kappa shape index (κ3) is 5.31. The first-order valence-electron chi connectivity index (χ1n) is 7.98. The van der Waals surface area contributed by atoms with Gasteiger partial charge in [-0.15, -0.1) is 0 Å². The number of hydrogen-bond acceptors (Lipinski definition) is 6. The summed E-state index contributed by atoms with van der Waals surface area (Å²) in [6.07, 6.45) is 0. The normalized spacial score (nSPS) is 11.2. The summed E-state index contributed by atoms with van der Waals surface area (Å²) >= 11 is 3.24. The minimum atomic E-state index is -3.63. The van der Waals surface area contributed by atoms with Crippen LogP contribution < -0.4 is 10.1 Å². The van der Waals surface area contributed by atoms with Crippen molar-refractivity contribution in [3.8, 4) is 5.75 Å². The lowest BCUT2D eigenvalue weighted by molar-refractivity contribution is -0.119. The van der Waals surface area contributed by atoms with Crippen LogP contribution in [0.5, 0.6) is 5.75 Å². The zero-order valence-corrected chi connectivity index (χ0v) is 17.8. The molecule has 28 heavy (non-hydrogen) atoms. The fraction of sp³-hybridized carbons (Fsp3) is 0.222. The van der Waals surface area contributed by atoms with Crippen LogP contribution in [0.1, 0.15) is 10.4 Å². The molecular formula is C18H19BrN2O6S. The van der Waals surface area contributed by atoms with Gasteiger partial charge in [-0.3, -0.25) is 4.79 Å². The van der Waals surface area contributed by atoms with Gasteiger partial charge in [0.05, 0.1) is 17.6 Å². The van der Waals surface area contributed by atoms with Gasteiger partial charge in [0.1, 0.15) is 5.75 Å². The summed E-state index contributed by atoms with van der Waals surface area (Å²) in [5.74, 6) is -0.838. The number of halogens is 1. The van der Waals surface area contributed by atoms with Gasteiger partial charge in [-0.25, -0.2) is 17.5 Å². The molecule has 0 atom stereocenters. The Balaban J connectivity index is 2.03. The van der Waals surface area contributed by atoms with Gasteiger partial charge in [0.2, 0.25) is 10.0 Å². The number of rotatable bonds is 7. The average Bonchev–Trinajstić information content (AvgIpc) is 2.66. The van der Waals surface area contributed by atoms with E-state index in [0.717, 1.165) is 4.31 Å². The van der Waals surface area contributed by atoms with Crippen LogP contribution in [0.3, 0.4) is 0 Å². The van der Waals surface area contributed by atoms with Crippen LogP contribution in [0.25, 0.3) is 0 Å². The number of nitrogens with zero attached hydrogens (tertiary/aromatic N) is 1. The van der Waals surface area contributed by atoms with Crippen LogP contribution in [0.2, 0.25) is 0 Å². The third-order valence-electron chi connectivity index (χ3n) is 3.62. The molecule has 0 radical (unpaired) electrons. The van der Waals surface area contributed by atoms with Crippen LogP contribution in [0.15, 0.2) is 51.8 Å². The van der Waals surface area contributed by atoms with Gasteiger partial charge in [0.25, 0.3) is 5.91 Å². The lowest BCUT2D eigenvalue weighted by Crippen LogP contribution is -2.23. The van der Waals surface area contributed by atoms with Gasteiger partial charge in [-0.1, -0.05) is 6.07 Å². The van der Waals surface area contributed by atoms with E-state index in [1.807, 2.05) is 0 Å². The lowest BCUT2D eigenvalue weighted by Gasteiger charge is -2.13. The summed E-state index contributed by atoms with van der Waals surface area (Å²) in [6, 6.07) is 10.6. The molecule has 10 heteroatoms. The van der Waals surface area contributed by atoms with Crippen molar-refractivity contribution < 1.29 is 27.5 Å². The van der Waals surface area contributed by atoms with Crippen molar-refractivity contribution in [2.45, 2.75) is 4.90 Å². The maximum Gasteiger partial charge on any atom is 0.339 e. The number of esters is 1. The van der Waals surface area contributed by atoms with Crippen molar-refractivity contribution in [1.29, 1.82) is 0 Å². The van der Waals surface area contributed by atoms with Crippen LogP contribution in [-0.2, 0) is 19.6 Å². The fourth-order valence-corrected chi connectivity index (χ4v) is 3.50. The second kappa shape index (κ2) is 9.18. The first-order valence-corrected chi connectivity index (χ1v) is 10.2. The number of methoxy groups -OCH3 is 1. The largest absolute Gasteiger partial charge is 0.497 e. The minimum absolute atomic E-state index is 0.0348. The number of amides is 1. The van der Waals surface area contributed by atoms with Crippen LogP contribution in [0, 0.1) is 0 Å². The molecule has 1 amide bonds. The second-order valence-electron chi connectivity index (χ2n) is 5.79. The Morgan fingerprint density at radius 1 is 1.14 bits per heavy atom. The van der Waals surface area contributed by atoms with Crippen molar-refractivity contribution in [3.05, 3.63) is 52.5 Å². The molecule has 1 N–H and O–H groups in total. The summed E-state index contributed by atoms with van der Waals surface area (Å²) < 4.78 is 36.0. The molecule has 2 aromatic rings. The van der Waals surface area contributed by atoms with Crippen molar-refractivity contribution in [2.75, 3.05) is 33.1 Å². The number of anilines is 1. The van der Waals surface area contributed by atoms with Crippen LogP contribution in [-0.4, -0.2) is 52.4 Å². The van der Waals surface area contributed by atoms with Gasteiger partial charge in [-0.05, 0) is 52.3 Å². The van der Waals surface area contributed by atoms with Crippen molar-refractivity contribution >= 4 is 43.5 Å². The van der Waals surface area contributed by atoms with E-state index in [4.69, 9.17) is 9.47 Å². The van der Waals surface area contributed by atoms with Gasteiger partial charge in [0, 0.05) is 24.3 Å². The molecular weight excluding hydrogens is 452 g/mol. The monoisotopic (exact) mass is 470 g/mol. The Bertz CT molecular complexity index is 991. The summed E-state index contributed by atoms with van der Waals surface area (Å²) in [7, 11) is 0.667. The highest BCUT2D eigenvalue weighted by Gasteiger charge is 2.18. The van der Waals surface area contributed by atoms with Gasteiger partial charge in [-0.2, -0.15) is 0 Å². The van der Waals surface area contributed by atoms with E-state index in [-0.39, 0.29) is 16.1 Å². The maximum absolute atomic E-state index is 12.2. The molecule has 0 aromatic heterocycles. The molecule has 150 valence electrons. The zero-order chi connectivity index (χ0) is 20.9. The molecule has 0 aliphatic carbocycles. The summed E-state index contributed by atoms with van der Waals surface area (Å²) in [6.45, 7) is -0.535. The van der Waals surface area contributed by atoms with E-state index in [1.165, 1.54) is 51.5 Å². The molecule has 0 fully saturated rings. The zero-order valence-electron chi connectivity index (χ0n) is 15.4. The van der Waals surface area contributed by atoms with Crippen molar-refractivity contribution in [2.24, 2.45) is 0 Å². The molecule has 2 rings (SSSR count). The number of carbonyl (C=O) groups is 2. The molecule has 0 saturated heterocycles. The quantitative estimate of drug-likeness (QED) is 0.623. The second-order valence-corrected chi connectivity index (χ2v) is 8.79. The van der Waals surface area contributed by atoms with Gasteiger partial charge < -0.3 is 14.8 Å². The molecule has 8 nitrogen and oxygen atoms in total. The number of benzene rings is 2. The Morgan fingerprint density at radius 2 is 1.86 bits per heavy atom. The van der Waals surface area contributed by atoms with E-state index in [9.17, 15) is 18.0 Å². The van der Waals surface area contributed by atoms with E-state index in [0.29, 0.717) is 10.2 Å². The summed E-state index contributed by atoms with van der Waals surface area (Å²) in [5.41, 5.74) is 0.484. The third-order valence-corrected chi connectivity index (χ3v) is 6.13. The molecule has 0 bridgehead atoms. The smallest absolute Gasteiger partial charge is 0.339 e. The predicted molar refractivity (Wildman–Crippen MR) is 107 cm³/mol. The fourth-order valence-electron chi connectivity index (χ4n) is 2.14. The average molecular weight is 471 g/mol. The van der Waals surface area contributed by atoms with Crippen molar-refractivity contribution in [3.63, 3.8) is 0 Å². The van der Waals surface area contributed by atoms with E-state index in [1.54, 1.807) is 12.1 Å². The number of sulfonamides is 1. The SMILES string of the molecule is COc1ccc(Br)c(C(=O)OCC(=O)Nc2cccc(S(=O)(=O)N(C)C)c2)c1. The molecule has 0 aliphatic rings. The van der Waals surface area contributed by atoms with Crippen molar-refractivity contribution in [1.82, 2.24) is 4.31 Å². The number of carbonyl (C=O) groups excluding carboxylic acids is 2. The molecule has 2 aromatic carbocycles. The number of ether oxygens (including phenoxy) is 2. The number of hydrogen-bond donors (Lipinski definition) is 1. The topological polar surface area (TPSA) is 102 Å². The Hall–Kier alpha value is -2.43. The molecule has 0 aliphatic heterocycles. The van der Waals surface area contributed by atoms with E-state index >= 15 is 0 Å². The summed E-state index contributed by atoms with van der Waals surface area (Å²) in [5, 5.41) is 2.50. The number of nitrogens with one attached hydrogen (secondary N) is 1. The van der Waals surface area contributed by atoms with Crippen LogP contribution >= 0.6 is 15.9 Å². The first kappa shape index (κ1) is 21.9. The molecule has 0 unspecified atom stereocenters. The van der Waals surface area contributed by atoms with E-state index < -0.39 is 28.5 Å². The lowest BCUT2D eigenvalue weighted by atomic mass is 10.2. The molecule has 0 spiro atoms. The highest BCUT2D eigenvalue weighted by atomic mass is 79.9. The Labute approximate surface area is 171 Å². The Kier molecular flexibility index (Phi) is 7.17. The highest BCUT2D eigenvalue weighted by molar-refractivity contribution is 9.10. The Morgan fingerprint density at radius 3 is 2.50 bits per heavy atom. The first-order chi connectivity index (χ1) is 13.1. The standard InChI is InChI=1S/C18H19BrN2O6S/c1-21(2)28(24,25)14-6-4-5-12(9-14)20-17(22)11-27-18(23)15-10-13(26-3)7-8-16(15)19/h4-10H,11H2,1-3H3,(H,20,22). The minimum Gasteiger partial charge on any atom is -0.497 e.